The van der Waals surface area contributed by atoms with E-state index in [9.17, 15) is 13.6 Å². The van der Waals surface area contributed by atoms with Gasteiger partial charge in [-0.25, -0.2) is 18.6 Å². The van der Waals surface area contributed by atoms with E-state index in [1.807, 2.05) is 0 Å². The highest BCUT2D eigenvalue weighted by Gasteiger charge is 2.30. The predicted molar refractivity (Wildman–Crippen MR) is 80.5 cm³/mol. The van der Waals surface area contributed by atoms with E-state index in [4.69, 9.17) is 9.47 Å². The van der Waals surface area contributed by atoms with Crippen LogP contribution in [0.3, 0.4) is 0 Å². The summed E-state index contributed by atoms with van der Waals surface area (Å²) in [6, 6.07) is 2.64. The molecule has 3 rings (SSSR count). The van der Waals surface area contributed by atoms with Crippen molar-refractivity contribution in [1.82, 2.24) is 4.98 Å². The fourth-order valence-electron chi connectivity index (χ4n) is 2.09. The Labute approximate surface area is 137 Å². The number of esters is 1. The zero-order valence-corrected chi connectivity index (χ0v) is 13.8. The van der Waals surface area contributed by atoms with Crippen LogP contribution in [0.1, 0.15) is 27.8 Å². The number of nitrogens with zero attached hydrogens (tertiary/aromatic N) is 1. The molecule has 1 aliphatic rings. The summed E-state index contributed by atoms with van der Waals surface area (Å²) in [7, 11) is 0. The quantitative estimate of drug-likeness (QED) is 0.718. The van der Waals surface area contributed by atoms with Crippen molar-refractivity contribution in [1.29, 1.82) is 0 Å². The number of hydrogen-bond donors (Lipinski definition) is 0. The molecule has 0 radical (unpaired) electrons. The number of thiazole rings is 1. The fraction of sp³-hybridized carbons (Fsp3) is 0.286. The average molecular weight is 390 g/mol. The maximum atomic E-state index is 14.3. The molecule has 0 aliphatic carbocycles. The van der Waals surface area contributed by atoms with Crippen LogP contribution in [0.2, 0.25) is 0 Å². The topological polar surface area (TPSA) is 48.4 Å². The van der Waals surface area contributed by atoms with Crippen LogP contribution < -0.4 is 4.74 Å². The van der Waals surface area contributed by atoms with Crippen LogP contribution >= 0.6 is 27.3 Å². The Morgan fingerprint density at radius 3 is 3.09 bits per heavy atom. The highest BCUT2D eigenvalue weighted by Crippen LogP contribution is 2.43. The minimum absolute atomic E-state index is 0.0720. The second kappa shape index (κ2) is 5.92. The van der Waals surface area contributed by atoms with Gasteiger partial charge in [-0.2, -0.15) is 0 Å². The molecule has 1 aromatic carbocycles. The number of fused-ring (bicyclic) bond motifs is 3. The number of carbonyl (C=O) groups is 1. The molecule has 0 saturated heterocycles. The van der Waals surface area contributed by atoms with Crippen LogP contribution in [-0.2, 0) is 4.74 Å². The summed E-state index contributed by atoms with van der Waals surface area (Å²) in [6.45, 7) is 1.63. The van der Waals surface area contributed by atoms with Crippen LogP contribution in [-0.4, -0.2) is 24.2 Å². The molecule has 1 aliphatic heterocycles. The van der Waals surface area contributed by atoms with Gasteiger partial charge < -0.3 is 9.47 Å². The Morgan fingerprint density at radius 2 is 2.36 bits per heavy atom. The van der Waals surface area contributed by atoms with Crippen LogP contribution in [0.4, 0.5) is 8.78 Å². The van der Waals surface area contributed by atoms with Crippen molar-refractivity contribution in [3.63, 3.8) is 0 Å². The van der Waals surface area contributed by atoms with Gasteiger partial charge in [-0.05, 0) is 28.9 Å². The minimum Gasteiger partial charge on any atom is -0.489 e. The maximum Gasteiger partial charge on any atom is 0.367 e. The Hall–Kier alpha value is -1.54. The number of alkyl halides is 1. The lowest BCUT2D eigenvalue weighted by Gasteiger charge is -2.08. The van der Waals surface area contributed by atoms with Gasteiger partial charge in [0.1, 0.15) is 18.2 Å². The summed E-state index contributed by atoms with van der Waals surface area (Å²) in [6.07, 6.45) is -1.44. The number of rotatable bonds is 2. The third-order valence-corrected chi connectivity index (χ3v) is 4.78. The van der Waals surface area contributed by atoms with Gasteiger partial charge in [0.05, 0.1) is 21.7 Å². The van der Waals surface area contributed by atoms with Crippen LogP contribution in [0.25, 0.3) is 11.3 Å². The van der Waals surface area contributed by atoms with Crippen molar-refractivity contribution in [2.45, 2.75) is 13.1 Å². The lowest BCUT2D eigenvalue weighted by molar-refractivity contribution is 0.0526. The molecule has 1 aromatic heterocycles. The molecule has 0 saturated carbocycles. The van der Waals surface area contributed by atoms with E-state index in [0.29, 0.717) is 5.56 Å². The van der Waals surface area contributed by atoms with Crippen LogP contribution in [0.15, 0.2) is 16.6 Å². The average Bonchev–Trinajstić information content (AvgIpc) is 2.88. The fourth-order valence-corrected chi connectivity index (χ4v) is 3.37. The highest BCUT2D eigenvalue weighted by molar-refractivity contribution is 9.10. The summed E-state index contributed by atoms with van der Waals surface area (Å²) in [5, 5.41) is 0.0720. The van der Waals surface area contributed by atoms with E-state index in [2.05, 4.69) is 20.9 Å². The van der Waals surface area contributed by atoms with E-state index < -0.39 is 18.0 Å². The Morgan fingerprint density at radius 1 is 1.59 bits per heavy atom. The molecular weight excluding hydrogens is 380 g/mol. The molecule has 8 heteroatoms. The summed E-state index contributed by atoms with van der Waals surface area (Å²) in [5.41, 5.74) is 0.726. The second-order valence-corrected chi connectivity index (χ2v) is 6.38. The third kappa shape index (κ3) is 2.61. The maximum absolute atomic E-state index is 14.3. The Kier molecular flexibility index (Phi) is 4.14. The first kappa shape index (κ1) is 15.4. The van der Waals surface area contributed by atoms with Crippen molar-refractivity contribution in [3.05, 3.63) is 32.3 Å². The number of halogens is 3. The zero-order valence-electron chi connectivity index (χ0n) is 11.4. The van der Waals surface area contributed by atoms with Gasteiger partial charge in [-0.3, -0.25) is 0 Å². The van der Waals surface area contributed by atoms with Crippen LogP contribution in [0.5, 0.6) is 5.75 Å². The molecule has 0 spiro atoms. The zero-order chi connectivity index (χ0) is 15.9. The largest absolute Gasteiger partial charge is 0.489 e. The number of aromatic nitrogens is 1. The molecule has 116 valence electrons. The summed E-state index contributed by atoms with van der Waals surface area (Å²) in [4.78, 5) is 16.2. The molecule has 1 atom stereocenters. The number of benzene rings is 1. The van der Waals surface area contributed by atoms with Crippen molar-refractivity contribution < 1.29 is 23.0 Å². The van der Waals surface area contributed by atoms with Gasteiger partial charge in [-0.1, -0.05) is 0 Å². The molecule has 0 N–H and O–H groups in total. The first-order valence-electron chi connectivity index (χ1n) is 6.45. The second-order valence-electron chi connectivity index (χ2n) is 4.49. The predicted octanol–water partition coefficient (Wildman–Crippen LogP) is 4.29. The lowest BCUT2D eigenvalue weighted by atomic mass is 10.1. The minimum atomic E-state index is -1.44. The highest BCUT2D eigenvalue weighted by atomic mass is 79.9. The van der Waals surface area contributed by atoms with Crippen molar-refractivity contribution in [2.24, 2.45) is 0 Å². The number of carbonyl (C=O) groups excluding carboxylic acids is 1. The number of hydrogen-bond acceptors (Lipinski definition) is 5. The van der Waals surface area contributed by atoms with Gasteiger partial charge in [0.2, 0.25) is 5.01 Å². The molecule has 22 heavy (non-hydrogen) atoms. The van der Waals surface area contributed by atoms with Gasteiger partial charge in [-0.15, -0.1) is 11.3 Å². The van der Waals surface area contributed by atoms with Gasteiger partial charge in [0.15, 0.2) is 6.17 Å². The third-order valence-electron chi connectivity index (χ3n) is 3.05. The van der Waals surface area contributed by atoms with E-state index in [0.717, 1.165) is 11.3 Å². The first-order valence-corrected chi connectivity index (χ1v) is 8.06. The standard InChI is InChI=1S/C14H10BrF2NO3S/c1-2-20-14(19)13-18-11-6-3-7(15)8(16)4-10(6)21-5-9(17)12(11)22-13/h3-4,9H,2,5H2,1H3. The molecule has 4 nitrogen and oxygen atoms in total. The van der Waals surface area contributed by atoms with Crippen molar-refractivity contribution in [2.75, 3.05) is 13.2 Å². The van der Waals surface area contributed by atoms with E-state index >= 15 is 0 Å². The first-order chi connectivity index (χ1) is 10.5. The molecule has 0 fully saturated rings. The van der Waals surface area contributed by atoms with Gasteiger partial charge in [0, 0.05) is 11.6 Å². The molecule has 1 unspecified atom stereocenters. The molecule has 0 amide bonds. The van der Waals surface area contributed by atoms with Gasteiger partial charge in [0.25, 0.3) is 0 Å². The normalized spacial score (nSPS) is 16.3. The lowest BCUT2D eigenvalue weighted by Crippen LogP contribution is -2.04. The summed E-state index contributed by atoms with van der Waals surface area (Å²) >= 11 is 4.02. The van der Waals surface area contributed by atoms with Crippen molar-refractivity contribution in [3.8, 4) is 17.0 Å². The molecule has 0 bridgehead atoms. The summed E-state index contributed by atoms with van der Waals surface area (Å²) < 4.78 is 38.3. The SMILES string of the molecule is CCOC(=O)c1nc2c(s1)C(F)COc1cc(F)c(Br)cc1-2. The van der Waals surface area contributed by atoms with E-state index in [-0.39, 0.29) is 39.0 Å². The molecular formula is C14H10BrF2NO3S. The monoisotopic (exact) mass is 389 g/mol. The molecule has 2 heterocycles. The van der Waals surface area contributed by atoms with Crippen LogP contribution in [0, 0.1) is 5.82 Å². The summed E-state index contributed by atoms with van der Waals surface area (Å²) in [5.74, 6) is -0.919. The smallest absolute Gasteiger partial charge is 0.367 e. The molecule has 2 aromatic rings. The Balaban J connectivity index is 2.15. The van der Waals surface area contributed by atoms with E-state index in [1.165, 1.54) is 12.1 Å². The van der Waals surface area contributed by atoms with E-state index in [1.54, 1.807) is 6.92 Å². The van der Waals surface area contributed by atoms with Crippen molar-refractivity contribution >= 4 is 33.2 Å². The van der Waals surface area contributed by atoms with Gasteiger partial charge >= 0.3 is 5.97 Å². The number of ether oxygens (including phenoxy) is 2. The Bertz CT molecular complexity index is 750.